The van der Waals surface area contributed by atoms with E-state index in [4.69, 9.17) is 5.73 Å². The lowest BCUT2D eigenvalue weighted by molar-refractivity contribution is -0.139. The molecule has 2 bridgehead atoms. The Morgan fingerprint density at radius 2 is 1.92 bits per heavy atom. The second-order valence-electron chi connectivity index (χ2n) is 8.04. The third kappa shape index (κ3) is 2.97. The van der Waals surface area contributed by atoms with Crippen molar-refractivity contribution >= 4 is 5.91 Å². The second-order valence-corrected chi connectivity index (χ2v) is 8.04. The van der Waals surface area contributed by atoms with Gasteiger partial charge in [0.1, 0.15) is 5.82 Å². The van der Waals surface area contributed by atoms with Crippen molar-refractivity contribution in [2.24, 2.45) is 29.4 Å². The maximum absolute atomic E-state index is 13.3. The average molecular weight is 330 g/mol. The van der Waals surface area contributed by atoms with E-state index in [0.29, 0.717) is 23.7 Å². The maximum atomic E-state index is 13.3. The molecule has 1 aromatic rings. The topological polar surface area (TPSA) is 46.3 Å². The van der Waals surface area contributed by atoms with E-state index in [1.54, 1.807) is 12.1 Å². The molecule has 2 saturated carbocycles. The van der Waals surface area contributed by atoms with Gasteiger partial charge in [-0.3, -0.25) is 4.79 Å². The maximum Gasteiger partial charge on any atom is 0.227 e. The van der Waals surface area contributed by atoms with Gasteiger partial charge in [0.2, 0.25) is 5.91 Å². The molecule has 1 saturated heterocycles. The number of likely N-dealkylation sites (tertiary alicyclic amines) is 1. The number of benzene rings is 1. The molecule has 1 aromatic carbocycles. The van der Waals surface area contributed by atoms with Gasteiger partial charge in [0.15, 0.2) is 0 Å². The van der Waals surface area contributed by atoms with Crippen molar-refractivity contribution in [3.63, 3.8) is 0 Å². The van der Waals surface area contributed by atoms with Crippen molar-refractivity contribution in [2.45, 2.75) is 44.6 Å². The molecular weight excluding hydrogens is 303 g/mol. The normalized spacial score (nSPS) is 33.2. The fourth-order valence-electron chi connectivity index (χ4n) is 5.27. The number of nitrogens with two attached hydrogens (primary N) is 1. The van der Waals surface area contributed by atoms with Crippen LogP contribution in [0.1, 0.15) is 37.7 Å². The van der Waals surface area contributed by atoms with Crippen molar-refractivity contribution in [3.8, 4) is 0 Å². The smallest absolute Gasteiger partial charge is 0.227 e. The quantitative estimate of drug-likeness (QED) is 0.926. The number of carbonyl (C=O) groups is 1. The molecule has 3 nitrogen and oxygen atoms in total. The number of halogens is 1. The zero-order valence-corrected chi connectivity index (χ0v) is 14.2. The predicted molar refractivity (Wildman–Crippen MR) is 91.7 cm³/mol. The third-order valence-electron chi connectivity index (χ3n) is 6.61. The van der Waals surface area contributed by atoms with Gasteiger partial charge in [-0.25, -0.2) is 4.39 Å². The first kappa shape index (κ1) is 16.1. The van der Waals surface area contributed by atoms with Crippen LogP contribution in [0.5, 0.6) is 0 Å². The Morgan fingerprint density at radius 3 is 2.58 bits per heavy atom. The van der Waals surface area contributed by atoms with Crippen LogP contribution in [0.2, 0.25) is 0 Å². The lowest BCUT2D eigenvalue weighted by Gasteiger charge is -2.37. The van der Waals surface area contributed by atoms with Gasteiger partial charge in [-0.1, -0.05) is 12.1 Å². The van der Waals surface area contributed by atoms with Crippen LogP contribution >= 0.6 is 0 Å². The number of hydrogen-bond acceptors (Lipinski definition) is 2. The molecule has 2 aliphatic carbocycles. The lowest BCUT2D eigenvalue weighted by atomic mass is 9.83. The molecule has 4 rings (SSSR count). The SMILES string of the molecule is NC1C2CCC(C2)C1C(=O)N1CCC(Cc2cccc(F)c2)CC1. The first-order chi connectivity index (χ1) is 11.6. The monoisotopic (exact) mass is 330 g/mol. The number of piperidine rings is 1. The van der Waals surface area contributed by atoms with Crippen molar-refractivity contribution in [1.82, 2.24) is 4.90 Å². The summed E-state index contributed by atoms with van der Waals surface area (Å²) in [6.45, 7) is 1.67. The van der Waals surface area contributed by atoms with Crippen LogP contribution in [0.4, 0.5) is 4.39 Å². The highest BCUT2D eigenvalue weighted by atomic mass is 19.1. The molecule has 3 aliphatic rings. The molecule has 1 heterocycles. The standard InChI is InChI=1S/C20H27FN2O/c21-17-3-1-2-14(11-17)10-13-6-8-23(9-7-13)20(24)18-15-4-5-16(12-15)19(18)22/h1-3,11,13,15-16,18-19H,4-10,12,22H2. The van der Waals surface area contributed by atoms with E-state index < -0.39 is 0 Å². The summed E-state index contributed by atoms with van der Waals surface area (Å²) in [4.78, 5) is 15.0. The minimum absolute atomic E-state index is 0.0727. The van der Waals surface area contributed by atoms with Crippen molar-refractivity contribution < 1.29 is 9.18 Å². The van der Waals surface area contributed by atoms with E-state index >= 15 is 0 Å². The summed E-state index contributed by atoms with van der Waals surface area (Å²) in [7, 11) is 0. The molecule has 0 spiro atoms. The van der Waals surface area contributed by atoms with Crippen LogP contribution in [0.15, 0.2) is 24.3 Å². The van der Waals surface area contributed by atoms with Crippen molar-refractivity contribution in [1.29, 1.82) is 0 Å². The number of rotatable bonds is 3. The van der Waals surface area contributed by atoms with Gasteiger partial charge in [0.25, 0.3) is 0 Å². The number of carbonyl (C=O) groups excluding carboxylic acids is 1. The average Bonchev–Trinajstić information content (AvgIpc) is 3.16. The van der Waals surface area contributed by atoms with Gasteiger partial charge in [-0.2, -0.15) is 0 Å². The Balaban J connectivity index is 1.32. The molecule has 130 valence electrons. The second kappa shape index (κ2) is 6.47. The number of fused-ring (bicyclic) bond motifs is 2. The van der Waals surface area contributed by atoms with E-state index in [1.807, 2.05) is 11.0 Å². The summed E-state index contributed by atoms with van der Waals surface area (Å²) in [6, 6.07) is 6.98. The zero-order chi connectivity index (χ0) is 16.7. The first-order valence-electron chi connectivity index (χ1n) is 9.40. The fourth-order valence-corrected chi connectivity index (χ4v) is 5.27. The highest BCUT2D eigenvalue weighted by Crippen LogP contribution is 2.48. The Labute approximate surface area is 143 Å². The van der Waals surface area contributed by atoms with Gasteiger partial charge < -0.3 is 10.6 Å². The largest absolute Gasteiger partial charge is 0.342 e. The Bertz CT molecular complexity index is 609. The van der Waals surface area contributed by atoms with Crippen LogP contribution in [0, 0.1) is 29.5 Å². The predicted octanol–water partition coefficient (Wildman–Crippen LogP) is 2.98. The fraction of sp³-hybridized carbons (Fsp3) is 0.650. The van der Waals surface area contributed by atoms with Crippen molar-refractivity contribution in [2.75, 3.05) is 13.1 Å². The summed E-state index contributed by atoms with van der Waals surface area (Å²) in [5.74, 6) is 1.87. The van der Waals surface area contributed by atoms with Crippen LogP contribution in [0.25, 0.3) is 0 Å². The van der Waals surface area contributed by atoms with Gasteiger partial charge in [-0.05, 0) is 74.0 Å². The summed E-state index contributed by atoms with van der Waals surface area (Å²) >= 11 is 0. The van der Waals surface area contributed by atoms with Gasteiger partial charge >= 0.3 is 0 Å². The van der Waals surface area contributed by atoms with Gasteiger partial charge in [0, 0.05) is 19.1 Å². The minimum Gasteiger partial charge on any atom is -0.342 e. The zero-order valence-electron chi connectivity index (χ0n) is 14.2. The summed E-state index contributed by atoms with van der Waals surface area (Å²) in [5, 5.41) is 0. The molecule has 1 amide bonds. The van der Waals surface area contributed by atoms with Gasteiger partial charge in [-0.15, -0.1) is 0 Å². The van der Waals surface area contributed by atoms with Gasteiger partial charge in [0.05, 0.1) is 5.92 Å². The van der Waals surface area contributed by atoms with Crippen LogP contribution in [-0.2, 0) is 11.2 Å². The van der Waals surface area contributed by atoms with E-state index in [1.165, 1.54) is 18.9 Å². The number of nitrogens with zero attached hydrogens (tertiary/aromatic N) is 1. The summed E-state index contributed by atoms with van der Waals surface area (Å²) < 4.78 is 13.3. The first-order valence-corrected chi connectivity index (χ1v) is 9.40. The molecule has 4 atom stereocenters. The lowest BCUT2D eigenvalue weighted by Crippen LogP contribution is -2.49. The highest BCUT2D eigenvalue weighted by Gasteiger charge is 2.50. The van der Waals surface area contributed by atoms with Crippen LogP contribution in [0.3, 0.4) is 0 Å². The molecular formula is C20H27FN2O. The van der Waals surface area contributed by atoms with E-state index in [9.17, 15) is 9.18 Å². The summed E-state index contributed by atoms with van der Waals surface area (Å²) in [6.07, 6.45) is 6.49. The molecule has 24 heavy (non-hydrogen) atoms. The molecule has 3 fully saturated rings. The Kier molecular flexibility index (Phi) is 4.33. The molecule has 0 radical (unpaired) electrons. The Morgan fingerprint density at radius 1 is 1.17 bits per heavy atom. The number of hydrogen-bond donors (Lipinski definition) is 1. The molecule has 0 aromatic heterocycles. The minimum atomic E-state index is -0.162. The third-order valence-corrected chi connectivity index (χ3v) is 6.61. The molecule has 1 aliphatic heterocycles. The molecule has 2 N–H and O–H groups in total. The van der Waals surface area contributed by atoms with Crippen LogP contribution < -0.4 is 5.73 Å². The molecule has 4 unspecified atom stereocenters. The highest BCUT2D eigenvalue weighted by molar-refractivity contribution is 5.80. The molecule has 4 heteroatoms. The van der Waals surface area contributed by atoms with E-state index in [0.717, 1.165) is 44.3 Å². The van der Waals surface area contributed by atoms with E-state index in [2.05, 4.69) is 0 Å². The Hall–Kier alpha value is -1.42. The van der Waals surface area contributed by atoms with E-state index in [-0.39, 0.29) is 17.8 Å². The van der Waals surface area contributed by atoms with Crippen LogP contribution in [-0.4, -0.2) is 29.9 Å². The van der Waals surface area contributed by atoms with Crippen molar-refractivity contribution in [3.05, 3.63) is 35.6 Å². The summed E-state index contributed by atoms with van der Waals surface area (Å²) in [5.41, 5.74) is 7.40. The number of amides is 1.